The fourth-order valence-electron chi connectivity index (χ4n) is 1.45. The summed E-state index contributed by atoms with van der Waals surface area (Å²) < 4.78 is 0. The van der Waals surface area contributed by atoms with Gasteiger partial charge in [0, 0.05) is 12.2 Å². The molecule has 0 heterocycles. The van der Waals surface area contributed by atoms with E-state index in [0.717, 1.165) is 0 Å². The van der Waals surface area contributed by atoms with E-state index in [0.29, 0.717) is 15.7 Å². The summed E-state index contributed by atoms with van der Waals surface area (Å²) in [7, 11) is 0. The molecule has 110 valence electrons. The van der Waals surface area contributed by atoms with E-state index in [1.807, 2.05) is 0 Å². The molecular formula is C12H13Cl3N2O3. The van der Waals surface area contributed by atoms with Crippen molar-refractivity contribution in [3.8, 4) is 0 Å². The zero-order valence-electron chi connectivity index (χ0n) is 10.3. The Morgan fingerprint density at radius 3 is 2.50 bits per heavy atom. The maximum atomic E-state index is 11.1. The average molecular weight is 340 g/mol. The van der Waals surface area contributed by atoms with Crippen molar-refractivity contribution in [2.24, 2.45) is 0 Å². The minimum Gasteiger partial charge on any atom is -0.480 e. The minimum absolute atomic E-state index is 0.155. The van der Waals surface area contributed by atoms with Crippen LogP contribution in [0.25, 0.3) is 0 Å². The molecule has 1 unspecified atom stereocenters. The normalized spacial score (nSPS) is 11.8. The molecule has 0 fully saturated rings. The Bertz CT molecular complexity index is 497. The smallest absolute Gasteiger partial charge is 0.326 e. The van der Waals surface area contributed by atoms with Gasteiger partial charge in [-0.2, -0.15) is 0 Å². The van der Waals surface area contributed by atoms with E-state index in [1.54, 1.807) is 12.1 Å². The molecule has 3 N–H and O–H groups in total. The first-order valence-corrected chi connectivity index (χ1v) is 7.00. The molecule has 0 spiro atoms. The number of amides is 1. The summed E-state index contributed by atoms with van der Waals surface area (Å²) in [6.07, 6.45) is 0.207. The molecule has 0 aliphatic heterocycles. The van der Waals surface area contributed by atoms with Gasteiger partial charge in [0.1, 0.15) is 11.9 Å². The lowest BCUT2D eigenvalue weighted by Crippen LogP contribution is -2.35. The molecule has 0 radical (unpaired) electrons. The number of carbonyl (C=O) groups excluding carboxylic acids is 1. The van der Waals surface area contributed by atoms with E-state index in [1.165, 1.54) is 6.07 Å². The molecule has 0 aliphatic rings. The number of anilines is 1. The zero-order valence-corrected chi connectivity index (χ0v) is 12.6. The van der Waals surface area contributed by atoms with Crippen LogP contribution in [0, 0.1) is 0 Å². The van der Waals surface area contributed by atoms with Crippen LogP contribution in [0.5, 0.6) is 0 Å². The molecule has 0 saturated carbocycles. The van der Waals surface area contributed by atoms with Crippen LogP contribution in [0.2, 0.25) is 10.0 Å². The molecule has 1 rings (SSSR count). The topological polar surface area (TPSA) is 78.4 Å². The Balaban J connectivity index is 2.60. The largest absolute Gasteiger partial charge is 0.480 e. The van der Waals surface area contributed by atoms with E-state index in [4.69, 9.17) is 39.9 Å². The van der Waals surface area contributed by atoms with Crippen molar-refractivity contribution in [3.05, 3.63) is 28.2 Å². The molecule has 5 nitrogen and oxygen atoms in total. The number of nitrogens with one attached hydrogen (secondary N) is 2. The molecule has 0 aliphatic carbocycles. The highest BCUT2D eigenvalue weighted by molar-refractivity contribution is 6.42. The molecule has 8 heteroatoms. The third kappa shape index (κ3) is 5.45. The monoisotopic (exact) mass is 338 g/mol. The first-order chi connectivity index (χ1) is 9.43. The van der Waals surface area contributed by atoms with Crippen LogP contribution in [0.15, 0.2) is 18.2 Å². The predicted octanol–water partition coefficient (Wildman–Crippen LogP) is 2.60. The molecule has 0 aromatic heterocycles. The zero-order chi connectivity index (χ0) is 15.1. The van der Waals surface area contributed by atoms with Gasteiger partial charge in [-0.15, -0.1) is 11.6 Å². The molecule has 1 atom stereocenters. The Kier molecular flexibility index (Phi) is 6.91. The number of halogens is 3. The van der Waals surface area contributed by atoms with Gasteiger partial charge in [-0.05, 0) is 24.6 Å². The van der Waals surface area contributed by atoms with Crippen molar-refractivity contribution >= 4 is 52.4 Å². The highest BCUT2D eigenvalue weighted by atomic mass is 35.5. The first kappa shape index (κ1) is 16.9. The summed E-state index contributed by atoms with van der Waals surface area (Å²) in [5, 5.41) is 15.2. The van der Waals surface area contributed by atoms with E-state index >= 15 is 0 Å². The van der Waals surface area contributed by atoms with Crippen LogP contribution >= 0.6 is 34.8 Å². The second kappa shape index (κ2) is 8.19. The minimum atomic E-state index is -1.03. The molecule has 1 amide bonds. The van der Waals surface area contributed by atoms with Crippen molar-refractivity contribution in [3.63, 3.8) is 0 Å². The number of aliphatic carboxylic acids is 1. The van der Waals surface area contributed by atoms with Gasteiger partial charge in [0.05, 0.1) is 10.0 Å². The molecular weight excluding hydrogens is 327 g/mol. The van der Waals surface area contributed by atoms with Gasteiger partial charge in [0.15, 0.2) is 0 Å². The number of carboxylic acids is 1. The lowest BCUT2D eigenvalue weighted by molar-refractivity contribution is -0.138. The molecule has 1 aromatic rings. The third-order valence-corrected chi connectivity index (χ3v) is 3.42. The van der Waals surface area contributed by atoms with Crippen LogP contribution in [0.4, 0.5) is 5.69 Å². The van der Waals surface area contributed by atoms with Crippen molar-refractivity contribution in [2.45, 2.75) is 12.5 Å². The van der Waals surface area contributed by atoms with E-state index < -0.39 is 12.0 Å². The van der Waals surface area contributed by atoms with E-state index in [2.05, 4.69) is 10.6 Å². The summed E-state index contributed by atoms with van der Waals surface area (Å²) in [4.78, 5) is 22.1. The van der Waals surface area contributed by atoms with Crippen LogP contribution in [0.3, 0.4) is 0 Å². The number of carbonyl (C=O) groups is 2. The van der Waals surface area contributed by atoms with Crippen molar-refractivity contribution in [1.29, 1.82) is 0 Å². The number of alkyl halides is 1. The van der Waals surface area contributed by atoms with Gasteiger partial charge < -0.3 is 15.7 Å². The lowest BCUT2D eigenvalue weighted by atomic mass is 10.2. The Labute approximate surface area is 131 Å². The fourth-order valence-corrected chi connectivity index (χ4v) is 1.84. The quantitative estimate of drug-likeness (QED) is 0.667. The van der Waals surface area contributed by atoms with Crippen molar-refractivity contribution in [1.82, 2.24) is 5.32 Å². The van der Waals surface area contributed by atoms with Gasteiger partial charge in [-0.3, -0.25) is 4.79 Å². The fraction of sp³-hybridized carbons (Fsp3) is 0.333. The number of benzene rings is 1. The summed E-state index contributed by atoms with van der Waals surface area (Å²) in [6, 6.07) is 3.88. The maximum Gasteiger partial charge on any atom is 0.326 e. The second-order valence-electron chi connectivity index (χ2n) is 3.94. The van der Waals surface area contributed by atoms with Crippen LogP contribution < -0.4 is 10.6 Å². The highest BCUT2D eigenvalue weighted by Crippen LogP contribution is 2.25. The molecule has 0 saturated heterocycles. The summed E-state index contributed by atoms with van der Waals surface area (Å²) in [5.74, 6) is -1.53. The molecule has 20 heavy (non-hydrogen) atoms. The third-order valence-electron chi connectivity index (χ3n) is 2.44. The van der Waals surface area contributed by atoms with Crippen molar-refractivity contribution in [2.75, 3.05) is 17.7 Å². The molecule has 1 aromatic carbocycles. The van der Waals surface area contributed by atoms with Gasteiger partial charge >= 0.3 is 5.97 Å². The Morgan fingerprint density at radius 2 is 1.95 bits per heavy atom. The predicted molar refractivity (Wildman–Crippen MR) is 79.9 cm³/mol. The SMILES string of the molecule is O=C(CCl)NCCC(Nc1ccc(Cl)c(Cl)c1)C(=O)O. The Morgan fingerprint density at radius 1 is 1.25 bits per heavy atom. The maximum absolute atomic E-state index is 11.1. The lowest BCUT2D eigenvalue weighted by Gasteiger charge is -2.16. The first-order valence-electron chi connectivity index (χ1n) is 5.71. The van der Waals surface area contributed by atoms with Crippen LogP contribution in [-0.4, -0.2) is 35.4 Å². The number of hydrogen-bond donors (Lipinski definition) is 3. The number of carboxylic acid groups (broad SMARTS) is 1. The van der Waals surface area contributed by atoms with Gasteiger partial charge in [-0.1, -0.05) is 23.2 Å². The van der Waals surface area contributed by atoms with Crippen molar-refractivity contribution < 1.29 is 14.7 Å². The van der Waals surface area contributed by atoms with Gasteiger partial charge in [0.2, 0.25) is 5.91 Å². The summed E-state index contributed by atoms with van der Waals surface area (Å²) in [6.45, 7) is 0.205. The number of rotatable bonds is 7. The Hall–Kier alpha value is -1.17. The van der Waals surface area contributed by atoms with Gasteiger partial charge in [-0.25, -0.2) is 4.79 Å². The van der Waals surface area contributed by atoms with E-state index in [9.17, 15) is 9.59 Å². The van der Waals surface area contributed by atoms with Crippen LogP contribution in [-0.2, 0) is 9.59 Å². The number of hydrogen-bond acceptors (Lipinski definition) is 3. The molecule has 0 bridgehead atoms. The summed E-state index contributed by atoms with van der Waals surface area (Å²) in [5.41, 5.74) is 0.537. The van der Waals surface area contributed by atoms with Crippen LogP contribution in [0.1, 0.15) is 6.42 Å². The average Bonchev–Trinajstić information content (AvgIpc) is 2.41. The van der Waals surface area contributed by atoms with E-state index in [-0.39, 0.29) is 24.8 Å². The second-order valence-corrected chi connectivity index (χ2v) is 5.02. The standard InChI is InChI=1S/C12H13Cl3N2O3/c13-6-11(18)16-4-3-10(12(19)20)17-7-1-2-8(14)9(15)5-7/h1-2,5,10,17H,3-4,6H2,(H,16,18)(H,19,20). The summed E-state index contributed by atoms with van der Waals surface area (Å²) >= 11 is 16.9. The van der Waals surface area contributed by atoms with Gasteiger partial charge in [0.25, 0.3) is 0 Å². The highest BCUT2D eigenvalue weighted by Gasteiger charge is 2.17.